The lowest BCUT2D eigenvalue weighted by Gasteiger charge is -2.04. The van der Waals surface area contributed by atoms with Crippen molar-refractivity contribution in [3.05, 3.63) is 0 Å². The van der Waals surface area contributed by atoms with Crippen LogP contribution in [-0.4, -0.2) is 30.2 Å². The van der Waals surface area contributed by atoms with E-state index >= 15 is 0 Å². The number of hydrogen-bond donors (Lipinski definition) is 1. The molecule has 0 saturated carbocycles. The van der Waals surface area contributed by atoms with Gasteiger partial charge >= 0.3 is 0 Å². The number of unbranched alkanes of at least 4 members (excludes halogenated alkanes) is 3. The maximum atomic E-state index is 11.2. The third-order valence-corrected chi connectivity index (χ3v) is 3.00. The van der Waals surface area contributed by atoms with E-state index in [-0.39, 0.29) is 11.7 Å². The van der Waals surface area contributed by atoms with Gasteiger partial charge in [0.15, 0.2) is 0 Å². The molecular formula is C12H23NO2S. The maximum absolute atomic E-state index is 11.2. The Hall–Kier alpha value is -0.510. The molecule has 0 atom stereocenters. The molecule has 16 heavy (non-hydrogen) atoms. The molecule has 0 aliphatic carbocycles. The lowest BCUT2D eigenvalue weighted by Crippen LogP contribution is -2.24. The molecule has 3 nitrogen and oxygen atoms in total. The highest BCUT2D eigenvalue weighted by atomic mass is 32.2. The molecule has 0 unspecified atom stereocenters. The topological polar surface area (TPSA) is 46.2 Å². The summed E-state index contributed by atoms with van der Waals surface area (Å²) < 4.78 is 0. The van der Waals surface area contributed by atoms with Crippen LogP contribution >= 0.6 is 11.8 Å². The van der Waals surface area contributed by atoms with Crippen molar-refractivity contribution in [2.45, 2.75) is 45.4 Å². The maximum Gasteiger partial charge on any atom is 0.220 e. The zero-order valence-electron chi connectivity index (χ0n) is 10.4. The third-order valence-electron chi connectivity index (χ3n) is 2.30. The van der Waals surface area contributed by atoms with Crippen molar-refractivity contribution in [2.24, 2.45) is 0 Å². The van der Waals surface area contributed by atoms with Gasteiger partial charge in [0.05, 0.1) is 0 Å². The summed E-state index contributed by atoms with van der Waals surface area (Å²) in [5.41, 5.74) is 0. The van der Waals surface area contributed by atoms with Crippen molar-refractivity contribution in [1.29, 1.82) is 0 Å². The number of nitrogens with one attached hydrogen (secondary N) is 1. The fourth-order valence-corrected chi connectivity index (χ4v) is 1.82. The van der Waals surface area contributed by atoms with Gasteiger partial charge < -0.3 is 10.1 Å². The first-order chi connectivity index (χ1) is 7.66. The van der Waals surface area contributed by atoms with E-state index in [1.807, 2.05) is 11.8 Å². The average molecular weight is 245 g/mol. The Kier molecular flexibility index (Phi) is 10.6. The lowest BCUT2D eigenvalue weighted by atomic mass is 10.2. The van der Waals surface area contributed by atoms with E-state index < -0.39 is 0 Å². The van der Waals surface area contributed by atoms with Crippen LogP contribution in [0.15, 0.2) is 0 Å². The van der Waals surface area contributed by atoms with E-state index in [2.05, 4.69) is 11.6 Å². The van der Waals surface area contributed by atoms with Crippen molar-refractivity contribution in [3.8, 4) is 0 Å². The number of thioether (sulfide) groups is 1. The fraction of sp³-hybridized carbons (Fsp3) is 0.833. The van der Waals surface area contributed by atoms with Crippen molar-refractivity contribution in [2.75, 3.05) is 18.6 Å². The van der Waals surface area contributed by atoms with Crippen LogP contribution in [0.2, 0.25) is 0 Å². The van der Waals surface area contributed by atoms with Crippen molar-refractivity contribution < 1.29 is 9.59 Å². The fourth-order valence-electron chi connectivity index (χ4n) is 1.33. The van der Waals surface area contributed by atoms with Gasteiger partial charge in [0.25, 0.3) is 0 Å². The predicted molar refractivity (Wildman–Crippen MR) is 69.8 cm³/mol. The second-order valence-electron chi connectivity index (χ2n) is 3.96. The summed E-state index contributed by atoms with van der Waals surface area (Å²) in [4.78, 5) is 21.9. The number of carbonyl (C=O) groups is 2. The molecule has 0 aromatic rings. The first kappa shape index (κ1) is 15.5. The molecule has 4 heteroatoms. The van der Waals surface area contributed by atoms with E-state index in [0.29, 0.717) is 12.8 Å². The Morgan fingerprint density at radius 2 is 1.75 bits per heavy atom. The minimum atomic E-state index is -0.000635. The largest absolute Gasteiger partial charge is 0.356 e. The van der Waals surface area contributed by atoms with Crippen molar-refractivity contribution in [3.63, 3.8) is 0 Å². The molecule has 0 aromatic carbocycles. The van der Waals surface area contributed by atoms with Gasteiger partial charge in [0, 0.05) is 19.4 Å². The van der Waals surface area contributed by atoms with E-state index in [1.165, 1.54) is 31.9 Å². The highest BCUT2D eigenvalue weighted by molar-refractivity contribution is 7.98. The molecule has 0 aliphatic heterocycles. The van der Waals surface area contributed by atoms with Crippen LogP contribution < -0.4 is 5.32 Å². The third kappa shape index (κ3) is 11.6. The molecule has 1 amide bonds. The van der Waals surface area contributed by atoms with Gasteiger partial charge in [-0.05, 0) is 31.8 Å². The number of carbonyl (C=O) groups excluding carboxylic acids is 2. The second kappa shape index (κ2) is 11.0. The smallest absolute Gasteiger partial charge is 0.220 e. The predicted octanol–water partition coefficient (Wildman–Crippen LogP) is 2.40. The molecule has 0 aliphatic rings. The first-order valence-corrected chi connectivity index (χ1v) is 7.31. The van der Waals surface area contributed by atoms with Crippen molar-refractivity contribution in [1.82, 2.24) is 5.32 Å². The Labute approximate surface area is 103 Å². The van der Waals surface area contributed by atoms with E-state index in [0.717, 1.165) is 13.0 Å². The molecule has 0 bridgehead atoms. The van der Waals surface area contributed by atoms with Crippen LogP contribution in [0.5, 0.6) is 0 Å². The molecule has 0 spiro atoms. The van der Waals surface area contributed by atoms with E-state index in [4.69, 9.17) is 0 Å². The van der Waals surface area contributed by atoms with Crippen LogP contribution in [0.4, 0.5) is 0 Å². The molecule has 94 valence electrons. The Morgan fingerprint density at radius 1 is 1.06 bits per heavy atom. The minimum absolute atomic E-state index is 0.000635. The van der Waals surface area contributed by atoms with Crippen LogP contribution in [-0.2, 0) is 9.59 Å². The van der Waals surface area contributed by atoms with Gasteiger partial charge in [0.2, 0.25) is 5.91 Å². The number of ketones is 1. The summed E-state index contributed by atoms with van der Waals surface area (Å²) in [6.45, 7) is 2.26. The van der Waals surface area contributed by atoms with Gasteiger partial charge in [0.1, 0.15) is 5.78 Å². The number of amides is 1. The van der Waals surface area contributed by atoms with Crippen LogP contribution in [0.25, 0.3) is 0 Å². The van der Waals surface area contributed by atoms with Gasteiger partial charge in [-0.15, -0.1) is 0 Å². The summed E-state index contributed by atoms with van der Waals surface area (Å²) >= 11 is 1.88. The van der Waals surface area contributed by atoms with Gasteiger partial charge in [-0.25, -0.2) is 0 Å². The molecule has 0 heterocycles. The molecule has 0 rings (SSSR count). The summed E-state index contributed by atoms with van der Waals surface area (Å²) in [5.74, 6) is 1.30. The zero-order chi connectivity index (χ0) is 12.2. The SMILES string of the molecule is CSCCCCCCNC(=O)CCC(C)=O. The molecular weight excluding hydrogens is 222 g/mol. The van der Waals surface area contributed by atoms with Crippen LogP contribution in [0.3, 0.4) is 0 Å². The summed E-state index contributed by atoms with van der Waals surface area (Å²) in [6, 6.07) is 0. The molecule has 0 saturated heterocycles. The summed E-state index contributed by atoms with van der Waals surface area (Å²) in [5, 5.41) is 2.83. The molecule has 0 aromatic heterocycles. The summed E-state index contributed by atoms with van der Waals surface area (Å²) in [6.07, 6.45) is 7.54. The van der Waals surface area contributed by atoms with Crippen molar-refractivity contribution >= 4 is 23.5 Å². The van der Waals surface area contributed by atoms with E-state index in [1.54, 1.807) is 0 Å². The summed E-state index contributed by atoms with van der Waals surface area (Å²) in [7, 11) is 0. The molecule has 0 radical (unpaired) electrons. The first-order valence-electron chi connectivity index (χ1n) is 5.92. The highest BCUT2D eigenvalue weighted by Crippen LogP contribution is 2.03. The quantitative estimate of drug-likeness (QED) is 0.601. The molecule has 0 fully saturated rings. The van der Waals surface area contributed by atoms with Gasteiger partial charge in [-0.2, -0.15) is 11.8 Å². The Morgan fingerprint density at radius 3 is 2.38 bits per heavy atom. The normalized spacial score (nSPS) is 10.1. The number of rotatable bonds is 10. The van der Waals surface area contributed by atoms with Gasteiger partial charge in [-0.1, -0.05) is 12.8 Å². The average Bonchev–Trinajstić information content (AvgIpc) is 2.25. The second-order valence-corrected chi connectivity index (χ2v) is 4.94. The monoisotopic (exact) mass is 245 g/mol. The number of hydrogen-bond acceptors (Lipinski definition) is 3. The zero-order valence-corrected chi connectivity index (χ0v) is 11.2. The highest BCUT2D eigenvalue weighted by Gasteiger charge is 2.02. The standard InChI is InChI=1S/C12H23NO2S/c1-11(14)7-8-12(15)13-9-5-3-4-6-10-16-2/h3-10H2,1-2H3,(H,13,15). The van der Waals surface area contributed by atoms with Crippen LogP contribution in [0, 0.1) is 0 Å². The Balaban J connectivity index is 3.18. The van der Waals surface area contributed by atoms with E-state index in [9.17, 15) is 9.59 Å². The van der Waals surface area contributed by atoms with Gasteiger partial charge in [-0.3, -0.25) is 4.79 Å². The molecule has 1 N–H and O–H groups in total. The van der Waals surface area contributed by atoms with Crippen LogP contribution in [0.1, 0.15) is 45.4 Å². The minimum Gasteiger partial charge on any atom is -0.356 e. The lowest BCUT2D eigenvalue weighted by molar-refractivity contribution is -0.124. The number of Topliss-reactive ketones (excluding diaryl/α,β-unsaturated/α-hetero) is 1. The Bertz CT molecular complexity index is 207.